The molecular weight excluding hydrogens is 953 g/mol. The third kappa shape index (κ3) is 29.2. The van der Waals surface area contributed by atoms with E-state index in [1.54, 1.807) is 0 Å². The van der Waals surface area contributed by atoms with Crippen LogP contribution in [0.15, 0.2) is 24.3 Å². The lowest BCUT2D eigenvalue weighted by Gasteiger charge is -2.43. The van der Waals surface area contributed by atoms with Crippen molar-refractivity contribution in [3.05, 3.63) is 24.3 Å². The van der Waals surface area contributed by atoms with Crippen LogP contribution in [-0.4, -0.2) is 185 Å². The number of carboxylic acids is 1. The maximum atomic E-state index is 11.7. The van der Waals surface area contributed by atoms with E-state index >= 15 is 0 Å². The van der Waals surface area contributed by atoms with Crippen molar-refractivity contribution >= 4 is 11.9 Å². The van der Waals surface area contributed by atoms with Crippen molar-refractivity contribution in [3.8, 4) is 0 Å². The molecule has 0 aromatic rings. The number of aliphatic hydroxyl groups excluding tert-OH is 11. The molecule has 0 aliphatic carbocycles. The van der Waals surface area contributed by atoms with E-state index in [4.69, 9.17) is 39.0 Å². The second kappa shape index (κ2) is 42.9. The van der Waals surface area contributed by atoms with E-state index in [0.717, 1.165) is 38.5 Å². The Morgan fingerprint density at radius 1 is 0.575 bits per heavy atom. The molecule has 3 fully saturated rings. The molecule has 19 heteroatoms. The number of allylic oxidation sites excluding steroid dienone is 4. The van der Waals surface area contributed by atoms with Crippen LogP contribution in [0.1, 0.15) is 194 Å². The number of unbranched alkanes of at least 4 members (excludes halogenated alkanes) is 22. The van der Waals surface area contributed by atoms with Gasteiger partial charge in [-0.1, -0.05) is 141 Å². The van der Waals surface area contributed by atoms with E-state index < -0.39 is 105 Å². The van der Waals surface area contributed by atoms with Crippen LogP contribution in [0.3, 0.4) is 0 Å². The molecular formula is C54H100O19. The van der Waals surface area contributed by atoms with Crippen LogP contribution in [0, 0.1) is 0 Å². The van der Waals surface area contributed by atoms with Crippen LogP contribution in [0.4, 0.5) is 0 Å². The number of aliphatic carboxylic acids is 1. The molecule has 0 aromatic heterocycles. The van der Waals surface area contributed by atoms with Crippen LogP contribution in [0.2, 0.25) is 0 Å². The highest BCUT2D eigenvalue weighted by molar-refractivity contribution is 5.69. The van der Waals surface area contributed by atoms with Crippen LogP contribution < -0.4 is 0 Å². The Bertz CT molecular complexity index is 1400. The summed E-state index contributed by atoms with van der Waals surface area (Å²) < 4.78 is 25.6. The first-order valence-electron chi connectivity index (χ1n) is 27.7. The summed E-state index contributed by atoms with van der Waals surface area (Å²) in [5, 5.41) is 114. The van der Waals surface area contributed by atoms with Gasteiger partial charge >= 0.3 is 11.9 Å². The number of rotatable bonds is 38. The first-order valence-corrected chi connectivity index (χ1v) is 27.7. The largest absolute Gasteiger partial charge is 0.481 e. The number of carbonyl (C=O) groups is 2. The van der Waals surface area contributed by atoms with Gasteiger partial charge in [-0.15, -0.1) is 0 Å². The zero-order chi connectivity index (χ0) is 54.3. The highest BCUT2D eigenvalue weighted by Gasteiger charge is 2.58. The minimum atomic E-state index is -2.22. The predicted octanol–water partition coefficient (Wildman–Crippen LogP) is 4.76. The van der Waals surface area contributed by atoms with Gasteiger partial charge in [-0.3, -0.25) is 9.59 Å². The van der Waals surface area contributed by atoms with Crippen molar-refractivity contribution in [2.45, 2.75) is 273 Å². The number of aliphatic hydroxyl groups is 11. The summed E-state index contributed by atoms with van der Waals surface area (Å²) in [7, 11) is 0. The number of carbonyl (C=O) groups excluding carboxylic acids is 1. The Labute approximate surface area is 435 Å². The summed E-state index contributed by atoms with van der Waals surface area (Å²) in [5.41, 5.74) is 0. The molecule has 73 heavy (non-hydrogen) atoms. The minimum Gasteiger partial charge on any atom is -0.481 e. The highest BCUT2D eigenvalue weighted by atomic mass is 16.8. The van der Waals surface area contributed by atoms with Crippen molar-refractivity contribution in [2.24, 2.45) is 0 Å². The zero-order valence-electron chi connectivity index (χ0n) is 44.3. The quantitative estimate of drug-likeness (QED) is 0.0225. The third-order valence-electron chi connectivity index (χ3n) is 13.4. The van der Waals surface area contributed by atoms with Crippen molar-refractivity contribution in [2.75, 3.05) is 33.0 Å². The standard InChI is InChI=1S/C24H44O6.C18H34O2.C12H22O11/c1-2-3-4-5-6-7-8-9-10-11-12-13-14-15-16-17-22(27)29-19-21(26)24-23(28)20(25)18-30-24;1-2-3-4-5-6-7-8-9-10-11-12-13-14-15-16-17-18(19)20;13-1-4-6(16)8(18)9(19)11(21-4)23-12(3-15)10(20)7(17)5(2-14)22-12/h9-10,20-21,23-26,28H,2-8,11-19H2,1H3;9-10H,2-8,11-17H2,1H3,(H,19,20);4-11,13-20H,1-3H2/b2*10-9-;/t20-,21+,23+,24+;;4-,5-,6-,7-,8+,9-,10+,11-,12+/m0.1/s1. The number of hydrogen-bond acceptors (Lipinski definition) is 18. The molecule has 0 radical (unpaired) electrons. The summed E-state index contributed by atoms with van der Waals surface area (Å²) in [5.74, 6) is -3.23. The van der Waals surface area contributed by atoms with E-state index in [-0.39, 0.29) is 19.2 Å². The lowest BCUT2D eigenvalue weighted by molar-refractivity contribution is -0.383. The summed E-state index contributed by atoms with van der Waals surface area (Å²) in [6, 6.07) is 0. The highest BCUT2D eigenvalue weighted by Crippen LogP contribution is 2.36. The van der Waals surface area contributed by atoms with Gasteiger partial charge < -0.3 is 85.0 Å². The van der Waals surface area contributed by atoms with Crippen LogP contribution >= 0.6 is 0 Å². The topological polar surface area (TPSA) is 323 Å². The molecule has 430 valence electrons. The fourth-order valence-corrected chi connectivity index (χ4v) is 8.63. The fraction of sp³-hybridized carbons (Fsp3) is 0.889. The Morgan fingerprint density at radius 2 is 1.03 bits per heavy atom. The Morgan fingerprint density at radius 3 is 1.44 bits per heavy atom. The molecule has 0 spiro atoms. The van der Waals surface area contributed by atoms with Gasteiger partial charge in [0.25, 0.3) is 0 Å². The predicted molar refractivity (Wildman–Crippen MR) is 274 cm³/mol. The number of hydrogen-bond donors (Lipinski definition) is 12. The average molecular weight is 1050 g/mol. The second-order valence-electron chi connectivity index (χ2n) is 19.7. The molecule has 19 nitrogen and oxygen atoms in total. The van der Waals surface area contributed by atoms with Gasteiger partial charge in [-0.05, 0) is 64.2 Å². The van der Waals surface area contributed by atoms with Gasteiger partial charge in [-0.25, -0.2) is 0 Å². The molecule has 3 aliphatic rings. The number of esters is 1. The molecule has 3 saturated heterocycles. The Kier molecular flexibility index (Phi) is 40.4. The summed E-state index contributed by atoms with van der Waals surface area (Å²) in [6.07, 6.45) is 25.0. The van der Waals surface area contributed by atoms with Crippen molar-refractivity contribution in [3.63, 3.8) is 0 Å². The molecule has 3 aliphatic heterocycles. The smallest absolute Gasteiger partial charge is 0.305 e. The van der Waals surface area contributed by atoms with E-state index in [0.29, 0.717) is 12.8 Å². The van der Waals surface area contributed by atoms with E-state index in [9.17, 15) is 55.5 Å². The van der Waals surface area contributed by atoms with Gasteiger partial charge in [0.05, 0.1) is 19.8 Å². The fourth-order valence-electron chi connectivity index (χ4n) is 8.63. The third-order valence-corrected chi connectivity index (χ3v) is 13.4. The average Bonchev–Trinajstić information content (AvgIpc) is 3.85. The molecule has 0 bridgehead atoms. The van der Waals surface area contributed by atoms with Crippen LogP contribution in [-0.2, 0) is 33.3 Å². The molecule has 0 saturated carbocycles. The van der Waals surface area contributed by atoms with Gasteiger partial charge in [0.1, 0.15) is 80.4 Å². The van der Waals surface area contributed by atoms with Gasteiger partial charge in [0, 0.05) is 12.8 Å². The van der Waals surface area contributed by atoms with Crippen LogP contribution in [0.5, 0.6) is 0 Å². The number of carboxylic acid groups (broad SMARTS) is 1. The zero-order valence-corrected chi connectivity index (χ0v) is 44.3. The molecule has 3 heterocycles. The van der Waals surface area contributed by atoms with Crippen molar-refractivity contribution < 1.29 is 94.6 Å². The summed E-state index contributed by atoms with van der Waals surface area (Å²) >= 11 is 0. The van der Waals surface area contributed by atoms with E-state index in [1.165, 1.54) is 128 Å². The van der Waals surface area contributed by atoms with Crippen LogP contribution in [0.25, 0.3) is 0 Å². The van der Waals surface area contributed by atoms with E-state index in [2.05, 4.69) is 38.2 Å². The Balaban J connectivity index is 0.000000561. The molecule has 13 atom stereocenters. The van der Waals surface area contributed by atoms with Crippen molar-refractivity contribution in [1.29, 1.82) is 0 Å². The van der Waals surface area contributed by atoms with Crippen molar-refractivity contribution in [1.82, 2.24) is 0 Å². The Hall–Kier alpha value is -2.18. The van der Waals surface area contributed by atoms with Gasteiger partial charge in [-0.2, -0.15) is 0 Å². The summed E-state index contributed by atoms with van der Waals surface area (Å²) in [4.78, 5) is 22.1. The van der Waals surface area contributed by atoms with Gasteiger partial charge in [0.2, 0.25) is 5.79 Å². The molecule has 0 unspecified atom stereocenters. The lowest BCUT2D eigenvalue weighted by Crippen LogP contribution is -2.62. The second-order valence-corrected chi connectivity index (χ2v) is 19.7. The maximum absolute atomic E-state index is 11.7. The maximum Gasteiger partial charge on any atom is 0.305 e. The lowest BCUT2D eigenvalue weighted by atomic mass is 9.99. The number of ether oxygens (including phenoxy) is 5. The summed E-state index contributed by atoms with van der Waals surface area (Å²) in [6.45, 7) is 1.94. The van der Waals surface area contributed by atoms with E-state index in [1.807, 2.05) is 0 Å². The molecule has 12 N–H and O–H groups in total. The first-order chi connectivity index (χ1) is 35.1. The van der Waals surface area contributed by atoms with Gasteiger partial charge in [0.15, 0.2) is 6.29 Å². The SMILES string of the molecule is CCCCCCCC/C=C\CCCCCCCC(=O)O.CCCCCCCC/C=C\CCCCCCCC(=O)OC[C@@H](O)[C@H]1OC[C@H](O)[C@H]1O.OC[C@H]1O[C@@](CO)(O[C@H]2O[C@H](CO)[C@@H](O)[C@H](O)[C@H]2O)[C@@H](O)[C@@H]1O. The first kappa shape index (κ1) is 68.8. The monoisotopic (exact) mass is 1050 g/mol. The molecule has 3 rings (SSSR count). The molecule has 0 amide bonds. The molecule has 0 aromatic carbocycles. The minimum absolute atomic E-state index is 0.0221. The normalized spacial score (nSPS) is 28.5.